The zero-order valence-electron chi connectivity index (χ0n) is 36.5. The second-order valence-electron chi connectivity index (χ2n) is 16.3. The van der Waals surface area contributed by atoms with Crippen molar-refractivity contribution in [3.8, 4) is 0 Å². The second kappa shape index (κ2) is 20.4. The van der Waals surface area contributed by atoms with Gasteiger partial charge in [-0.1, -0.05) is 141 Å². The molecule has 8 rings (SSSR count). The van der Waals surface area contributed by atoms with Crippen molar-refractivity contribution in [2.45, 2.75) is 87.6 Å². The molecule has 1 saturated heterocycles. The van der Waals surface area contributed by atoms with Crippen LogP contribution in [-0.2, 0) is 64.7 Å². The molecule has 1 N–H and O–H groups in total. The number of aliphatic imine (C=N–C) groups is 2. The number of ether oxygens (including phenoxy) is 6. The van der Waals surface area contributed by atoms with E-state index in [1.807, 2.05) is 117 Å². The maximum atomic E-state index is 15.2. The minimum absolute atomic E-state index is 0.0327. The van der Waals surface area contributed by atoms with Crippen LogP contribution in [0.4, 0.5) is 0 Å². The molecule has 1 aromatic heterocycles. The van der Waals surface area contributed by atoms with Gasteiger partial charge in [-0.3, -0.25) is 0 Å². The zero-order chi connectivity index (χ0) is 44.6. The summed E-state index contributed by atoms with van der Waals surface area (Å²) in [7, 11) is -1.22. The highest BCUT2D eigenvalue weighted by Crippen LogP contribution is 2.43. The van der Waals surface area contributed by atoms with Crippen LogP contribution in [0.25, 0.3) is 10.9 Å². The molecule has 334 valence electrons. The predicted octanol–water partition coefficient (Wildman–Crippen LogP) is 8.11. The molecule has 7 atom stereocenters. The summed E-state index contributed by atoms with van der Waals surface area (Å²) in [5.74, 6) is 0.888. The molecule has 0 aliphatic carbocycles. The number of aliphatic hydroxyl groups is 1. The molecule has 1 fully saturated rings. The van der Waals surface area contributed by atoms with Gasteiger partial charge in [0.2, 0.25) is 11.8 Å². The lowest BCUT2D eigenvalue weighted by Crippen LogP contribution is -2.58. The fourth-order valence-electron chi connectivity index (χ4n) is 8.52. The summed E-state index contributed by atoms with van der Waals surface area (Å²) in [5.41, 5.74) is 3.95. The van der Waals surface area contributed by atoms with Gasteiger partial charge in [0.1, 0.15) is 42.6 Å². The first kappa shape index (κ1) is 44.9. The summed E-state index contributed by atoms with van der Waals surface area (Å²) < 4.78 is 70.5. The first-order valence-corrected chi connectivity index (χ1v) is 23.0. The smallest absolute Gasteiger partial charge is 0.268 e. The molecule has 13 heteroatoms. The molecule has 5 aromatic carbocycles. The summed E-state index contributed by atoms with van der Waals surface area (Å²) in [5, 5.41) is 13.6. The quantitative estimate of drug-likeness (QED) is 0.102. The first-order chi connectivity index (χ1) is 31.2. The Kier molecular flexibility index (Phi) is 14.3. The van der Waals surface area contributed by atoms with E-state index in [2.05, 4.69) is 0 Å². The lowest BCUT2D eigenvalue weighted by atomic mass is 9.90. The molecule has 2 aliphatic heterocycles. The van der Waals surface area contributed by atoms with Gasteiger partial charge in [-0.25, -0.2) is 22.4 Å². The van der Waals surface area contributed by atoms with Crippen molar-refractivity contribution in [3.63, 3.8) is 0 Å². The number of nitrogens with zero attached hydrogens (tertiary/aromatic N) is 3. The molecule has 0 amide bonds. The van der Waals surface area contributed by atoms with Gasteiger partial charge in [-0.15, -0.1) is 0 Å². The van der Waals surface area contributed by atoms with Gasteiger partial charge in [-0.2, -0.15) is 0 Å². The normalized spacial score (nSPS) is 22.6. The van der Waals surface area contributed by atoms with E-state index in [9.17, 15) is 5.11 Å². The fraction of sp³-hybridized carbons (Fsp3) is 0.333. The number of rotatable bonds is 16. The Hall–Kier alpha value is -5.67. The standard InChI is InChI=1S/C51H55N3O9S/c1-34(2)44-51(59-4)52-41(50(53-44)58-3)29-40-39-27-17-18-28-42(39)54(64(56,57)38-25-15-8-16-26-38)45(40)48-46(55)49(62-32-37-23-13-7-14-24-37)47(61-31-36-21-11-6-12-22-36)43(63-48)33-60-30-35-19-9-5-10-20-35/h5-28,34,41,43-44,46-49,55H,29-33H2,1-4H3/t41-,43-,44+,46-,47-,48-,49-/m0/s1. The number of aliphatic hydroxyl groups excluding tert-OH is 1. The minimum atomic E-state index is -4.35. The molecule has 64 heavy (non-hydrogen) atoms. The van der Waals surface area contributed by atoms with Crippen molar-refractivity contribution < 1.29 is 41.9 Å². The third kappa shape index (κ3) is 9.70. The van der Waals surface area contributed by atoms with Crippen LogP contribution < -0.4 is 0 Å². The molecule has 0 saturated carbocycles. The van der Waals surface area contributed by atoms with Gasteiger partial charge in [0.25, 0.3) is 10.0 Å². The minimum Gasteiger partial charge on any atom is -0.483 e. The topological polar surface area (TPSA) is 139 Å². The van der Waals surface area contributed by atoms with E-state index in [1.54, 1.807) is 56.7 Å². The predicted molar refractivity (Wildman–Crippen MR) is 246 cm³/mol. The van der Waals surface area contributed by atoms with Crippen molar-refractivity contribution in [2.24, 2.45) is 15.9 Å². The lowest BCUT2D eigenvalue weighted by Gasteiger charge is -2.45. The summed E-state index contributed by atoms with van der Waals surface area (Å²) in [6.45, 7) is 4.71. The van der Waals surface area contributed by atoms with Crippen molar-refractivity contribution >= 4 is 32.7 Å². The van der Waals surface area contributed by atoms with E-state index in [0.29, 0.717) is 28.3 Å². The number of aromatic nitrogens is 1. The Balaban J connectivity index is 1.30. The molecular weight excluding hydrogens is 831 g/mol. The van der Waals surface area contributed by atoms with Crippen molar-refractivity contribution in [1.82, 2.24) is 3.97 Å². The first-order valence-electron chi connectivity index (χ1n) is 21.6. The summed E-state index contributed by atoms with van der Waals surface area (Å²) in [6, 6.07) is 43.7. The highest BCUT2D eigenvalue weighted by Gasteiger charge is 2.50. The number of benzene rings is 5. The lowest BCUT2D eigenvalue weighted by molar-refractivity contribution is -0.264. The van der Waals surface area contributed by atoms with Crippen LogP contribution in [0.15, 0.2) is 160 Å². The fourth-order valence-corrected chi connectivity index (χ4v) is 10.1. The van der Waals surface area contributed by atoms with Crippen molar-refractivity contribution in [2.75, 3.05) is 20.8 Å². The molecule has 3 heterocycles. The summed E-state index contributed by atoms with van der Waals surface area (Å²) in [4.78, 5) is 10.0. The van der Waals surface area contributed by atoms with Crippen LogP contribution in [-0.4, -0.2) is 86.6 Å². The van der Waals surface area contributed by atoms with Crippen molar-refractivity contribution in [1.29, 1.82) is 0 Å². The monoisotopic (exact) mass is 885 g/mol. The van der Waals surface area contributed by atoms with Gasteiger partial charge in [0, 0.05) is 11.8 Å². The number of para-hydroxylation sites is 1. The molecule has 0 radical (unpaired) electrons. The summed E-state index contributed by atoms with van der Waals surface area (Å²) in [6.07, 6.45) is -5.34. The third-order valence-electron chi connectivity index (χ3n) is 11.7. The molecule has 0 bridgehead atoms. The van der Waals surface area contributed by atoms with Crippen LogP contribution in [0.2, 0.25) is 0 Å². The van der Waals surface area contributed by atoms with Gasteiger partial charge < -0.3 is 33.5 Å². The highest BCUT2D eigenvalue weighted by atomic mass is 32.2. The Morgan fingerprint density at radius 1 is 0.672 bits per heavy atom. The van der Waals surface area contributed by atoms with Gasteiger partial charge in [0.05, 0.1) is 56.8 Å². The average Bonchev–Trinajstić information content (AvgIpc) is 3.66. The van der Waals surface area contributed by atoms with Crippen LogP contribution >= 0.6 is 0 Å². The number of methoxy groups -OCH3 is 2. The zero-order valence-corrected chi connectivity index (χ0v) is 37.3. The Morgan fingerprint density at radius 2 is 1.20 bits per heavy atom. The van der Waals surface area contributed by atoms with E-state index in [0.717, 1.165) is 16.7 Å². The second-order valence-corrected chi connectivity index (χ2v) is 18.1. The van der Waals surface area contributed by atoms with E-state index in [1.165, 1.54) is 3.97 Å². The molecule has 6 aromatic rings. The third-order valence-corrected chi connectivity index (χ3v) is 13.4. The Labute approximate surface area is 375 Å². The van der Waals surface area contributed by atoms with Crippen LogP contribution in [0.1, 0.15) is 47.9 Å². The molecule has 0 spiro atoms. The molecule has 0 unspecified atom stereocenters. The van der Waals surface area contributed by atoms with Crippen LogP contribution in [0.5, 0.6) is 0 Å². The van der Waals surface area contributed by atoms with E-state index >= 15 is 8.42 Å². The molecule has 12 nitrogen and oxygen atoms in total. The maximum absolute atomic E-state index is 15.2. The van der Waals surface area contributed by atoms with E-state index in [-0.39, 0.29) is 55.4 Å². The van der Waals surface area contributed by atoms with Gasteiger partial charge in [-0.05, 0) is 46.4 Å². The molecule has 2 aliphatic rings. The van der Waals surface area contributed by atoms with E-state index < -0.39 is 46.6 Å². The highest BCUT2D eigenvalue weighted by molar-refractivity contribution is 7.90. The molecular formula is C51H55N3O9S. The van der Waals surface area contributed by atoms with Gasteiger partial charge >= 0.3 is 0 Å². The summed E-state index contributed by atoms with van der Waals surface area (Å²) >= 11 is 0. The number of hydrogen-bond acceptors (Lipinski definition) is 11. The maximum Gasteiger partial charge on any atom is 0.268 e. The van der Waals surface area contributed by atoms with Gasteiger partial charge in [0.15, 0.2) is 0 Å². The Morgan fingerprint density at radius 3 is 1.78 bits per heavy atom. The SMILES string of the molecule is COC1=N[C@H](C(C)C)C(OC)=N[C@H]1Cc1c([C@@H]2O[C@@H](COCc3ccccc3)[C@H](OCc3ccccc3)[C@@H](OCc3ccccc3)[C@H]2O)n(S(=O)(=O)c2ccccc2)c2ccccc12. The largest absolute Gasteiger partial charge is 0.483 e. The van der Waals surface area contributed by atoms with Crippen molar-refractivity contribution in [3.05, 3.63) is 174 Å². The van der Waals surface area contributed by atoms with E-state index in [4.69, 9.17) is 38.4 Å². The van der Waals surface area contributed by atoms with Crippen LogP contribution in [0, 0.1) is 5.92 Å². The average molecular weight is 886 g/mol. The number of hydrogen-bond donors (Lipinski definition) is 1. The Bertz CT molecular complexity index is 2620. The number of fused-ring (bicyclic) bond motifs is 1. The van der Waals surface area contributed by atoms with Crippen LogP contribution in [0.3, 0.4) is 0 Å².